The second-order valence-electron chi connectivity index (χ2n) is 6.77. The molecule has 1 saturated heterocycles. The average molecular weight is 341 g/mol. The molecule has 0 aliphatic carbocycles. The van der Waals surface area contributed by atoms with Gasteiger partial charge in [0.15, 0.2) is 5.78 Å². The second-order valence-corrected chi connectivity index (χ2v) is 6.77. The molecule has 25 heavy (non-hydrogen) atoms. The predicted molar refractivity (Wildman–Crippen MR) is 96.5 cm³/mol. The van der Waals surface area contributed by atoms with Crippen molar-refractivity contribution < 1.29 is 14.3 Å². The number of ketones is 1. The van der Waals surface area contributed by atoms with E-state index in [-0.39, 0.29) is 11.6 Å². The van der Waals surface area contributed by atoms with Gasteiger partial charge in [-0.25, -0.2) is 4.39 Å². The number of benzene rings is 2. The van der Waals surface area contributed by atoms with Crippen LogP contribution in [0.3, 0.4) is 0 Å². The summed E-state index contributed by atoms with van der Waals surface area (Å²) in [5.74, 6) is 0.512. The Morgan fingerprint density at radius 3 is 2.76 bits per heavy atom. The number of rotatable bonds is 6. The lowest BCUT2D eigenvalue weighted by atomic mass is 9.90. The van der Waals surface area contributed by atoms with Gasteiger partial charge in [-0.2, -0.15) is 0 Å². The molecule has 0 saturated carbocycles. The van der Waals surface area contributed by atoms with Crippen molar-refractivity contribution in [3.8, 4) is 5.75 Å². The van der Waals surface area contributed by atoms with Crippen LogP contribution >= 0.6 is 0 Å². The maximum atomic E-state index is 12.9. The number of phenols is 1. The molecule has 132 valence electrons. The van der Waals surface area contributed by atoms with Crippen LogP contribution in [0, 0.1) is 5.82 Å². The van der Waals surface area contributed by atoms with E-state index in [4.69, 9.17) is 0 Å². The van der Waals surface area contributed by atoms with Crippen molar-refractivity contribution in [3.05, 3.63) is 65.5 Å². The second kappa shape index (κ2) is 8.26. The molecule has 1 N–H and O–H groups in total. The van der Waals surface area contributed by atoms with Crippen molar-refractivity contribution in [2.45, 2.75) is 31.6 Å². The van der Waals surface area contributed by atoms with Gasteiger partial charge in [0.1, 0.15) is 11.6 Å². The zero-order chi connectivity index (χ0) is 17.6. The lowest BCUT2D eigenvalue weighted by molar-refractivity contribution is 0.0972. The highest BCUT2D eigenvalue weighted by molar-refractivity contribution is 5.95. The highest BCUT2D eigenvalue weighted by Crippen LogP contribution is 2.28. The topological polar surface area (TPSA) is 40.5 Å². The predicted octanol–water partition coefficient (Wildman–Crippen LogP) is 4.37. The molecule has 0 amide bonds. The van der Waals surface area contributed by atoms with Crippen molar-refractivity contribution in [2.75, 3.05) is 19.6 Å². The number of hydrogen-bond acceptors (Lipinski definition) is 3. The Hall–Kier alpha value is -2.20. The van der Waals surface area contributed by atoms with E-state index in [1.165, 1.54) is 17.7 Å². The van der Waals surface area contributed by atoms with E-state index in [1.54, 1.807) is 18.2 Å². The summed E-state index contributed by atoms with van der Waals surface area (Å²) in [5.41, 5.74) is 1.77. The van der Waals surface area contributed by atoms with Gasteiger partial charge in [-0.1, -0.05) is 12.1 Å². The van der Waals surface area contributed by atoms with Crippen molar-refractivity contribution in [1.82, 2.24) is 4.90 Å². The van der Waals surface area contributed by atoms with Gasteiger partial charge in [-0.15, -0.1) is 0 Å². The zero-order valence-electron chi connectivity index (χ0n) is 14.3. The molecular formula is C21H24FNO2. The van der Waals surface area contributed by atoms with Gasteiger partial charge in [0.05, 0.1) is 0 Å². The molecule has 1 aliphatic heterocycles. The van der Waals surface area contributed by atoms with Crippen LogP contribution < -0.4 is 0 Å². The first-order chi connectivity index (χ1) is 12.1. The van der Waals surface area contributed by atoms with Gasteiger partial charge < -0.3 is 10.0 Å². The Morgan fingerprint density at radius 1 is 1.20 bits per heavy atom. The smallest absolute Gasteiger partial charge is 0.162 e. The number of carbonyl (C=O) groups is 1. The Balaban J connectivity index is 1.48. The first kappa shape index (κ1) is 17.6. The third-order valence-corrected chi connectivity index (χ3v) is 4.89. The van der Waals surface area contributed by atoms with Crippen LogP contribution in [-0.4, -0.2) is 35.4 Å². The van der Waals surface area contributed by atoms with Crippen LogP contribution in [0.25, 0.3) is 0 Å². The summed E-state index contributed by atoms with van der Waals surface area (Å²) in [7, 11) is 0. The maximum Gasteiger partial charge on any atom is 0.162 e. The quantitative estimate of drug-likeness (QED) is 0.793. The fourth-order valence-corrected chi connectivity index (χ4v) is 3.55. The number of halogens is 1. The van der Waals surface area contributed by atoms with Gasteiger partial charge in [0, 0.05) is 18.5 Å². The molecular weight excluding hydrogens is 317 g/mol. The molecule has 1 fully saturated rings. The number of phenolic OH excluding ortho intramolecular Hbond substituents is 1. The lowest BCUT2D eigenvalue weighted by Crippen LogP contribution is -2.35. The van der Waals surface area contributed by atoms with Crippen LogP contribution in [-0.2, 0) is 0 Å². The third-order valence-electron chi connectivity index (χ3n) is 4.89. The summed E-state index contributed by atoms with van der Waals surface area (Å²) in [4.78, 5) is 14.6. The first-order valence-electron chi connectivity index (χ1n) is 8.92. The Bertz CT molecular complexity index is 714. The Kier molecular flexibility index (Phi) is 5.82. The van der Waals surface area contributed by atoms with Crippen LogP contribution in [0.2, 0.25) is 0 Å². The lowest BCUT2D eigenvalue weighted by Gasteiger charge is -2.33. The zero-order valence-corrected chi connectivity index (χ0v) is 14.3. The molecule has 2 aromatic rings. The van der Waals surface area contributed by atoms with Crippen LogP contribution in [0.4, 0.5) is 4.39 Å². The van der Waals surface area contributed by atoms with E-state index in [9.17, 15) is 14.3 Å². The van der Waals surface area contributed by atoms with Crippen LogP contribution in [0.5, 0.6) is 5.75 Å². The van der Waals surface area contributed by atoms with E-state index in [0.29, 0.717) is 23.7 Å². The molecule has 0 bridgehead atoms. The third kappa shape index (κ3) is 4.89. The molecule has 0 spiro atoms. The normalized spacial score (nSPS) is 18.2. The molecule has 0 aromatic heterocycles. The van der Waals surface area contributed by atoms with Gasteiger partial charge >= 0.3 is 0 Å². The summed E-state index contributed by atoms with van der Waals surface area (Å²) in [6.07, 6.45) is 3.56. The molecule has 1 heterocycles. The molecule has 1 unspecified atom stereocenters. The summed E-state index contributed by atoms with van der Waals surface area (Å²) in [6.45, 7) is 2.91. The number of carbonyl (C=O) groups excluding carboxylic acids is 1. The molecule has 1 aliphatic rings. The molecule has 1 atom stereocenters. The molecule has 4 heteroatoms. The van der Waals surface area contributed by atoms with Gasteiger partial charge in [0.2, 0.25) is 0 Å². The minimum atomic E-state index is -0.317. The van der Waals surface area contributed by atoms with Crippen molar-refractivity contribution in [3.63, 3.8) is 0 Å². The minimum absolute atomic E-state index is 0.0709. The highest BCUT2D eigenvalue weighted by Gasteiger charge is 2.21. The van der Waals surface area contributed by atoms with E-state index in [2.05, 4.69) is 11.0 Å². The first-order valence-corrected chi connectivity index (χ1v) is 8.92. The van der Waals surface area contributed by atoms with Gasteiger partial charge in [-0.3, -0.25) is 4.79 Å². The van der Waals surface area contributed by atoms with Crippen molar-refractivity contribution in [1.29, 1.82) is 0 Å². The van der Waals surface area contributed by atoms with E-state index in [1.807, 2.05) is 12.1 Å². The molecule has 3 nitrogen and oxygen atoms in total. The van der Waals surface area contributed by atoms with E-state index in [0.717, 1.165) is 38.9 Å². The number of aromatic hydroxyl groups is 1. The van der Waals surface area contributed by atoms with Crippen molar-refractivity contribution in [2.24, 2.45) is 0 Å². The number of piperidine rings is 1. The fraction of sp³-hybridized carbons (Fsp3) is 0.381. The number of Topliss-reactive ketones (excluding diaryl/α,β-unsaturated/α-hetero) is 1. The van der Waals surface area contributed by atoms with Gasteiger partial charge in [-0.05, 0) is 80.2 Å². The molecule has 0 radical (unpaired) electrons. The molecule has 2 aromatic carbocycles. The monoisotopic (exact) mass is 341 g/mol. The summed E-state index contributed by atoms with van der Waals surface area (Å²) in [6, 6.07) is 13.3. The Morgan fingerprint density at radius 2 is 2.00 bits per heavy atom. The number of likely N-dealkylation sites (tertiary alicyclic amines) is 1. The van der Waals surface area contributed by atoms with Crippen LogP contribution in [0.1, 0.15) is 47.5 Å². The SMILES string of the molecule is O=C(CCCN1CCCC(c2cccc(O)c2)C1)c1ccc(F)cc1. The fourth-order valence-electron chi connectivity index (χ4n) is 3.55. The van der Waals surface area contributed by atoms with Crippen molar-refractivity contribution >= 4 is 5.78 Å². The number of nitrogens with zero attached hydrogens (tertiary/aromatic N) is 1. The molecule has 3 rings (SSSR count). The summed E-state index contributed by atoms with van der Waals surface area (Å²) in [5, 5.41) is 9.66. The van der Waals surface area contributed by atoms with Gasteiger partial charge in [0.25, 0.3) is 0 Å². The minimum Gasteiger partial charge on any atom is -0.508 e. The average Bonchev–Trinajstić information content (AvgIpc) is 2.62. The number of hydrogen-bond donors (Lipinski definition) is 1. The Labute approximate surface area is 148 Å². The highest BCUT2D eigenvalue weighted by atomic mass is 19.1. The largest absolute Gasteiger partial charge is 0.508 e. The van der Waals surface area contributed by atoms with E-state index >= 15 is 0 Å². The van der Waals surface area contributed by atoms with Crippen LogP contribution in [0.15, 0.2) is 48.5 Å². The summed E-state index contributed by atoms with van der Waals surface area (Å²) < 4.78 is 12.9. The standard InChI is InChI=1S/C21H24FNO2/c22-19-10-8-16(9-11-19)21(25)7-3-13-23-12-2-5-18(15-23)17-4-1-6-20(24)14-17/h1,4,6,8-11,14,18,24H,2-3,5,7,12-13,15H2. The summed E-state index contributed by atoms with van der Waals surface area (Å²) >= 11 is 0. The maximum absolute atomic E-state index is 12.9. The van der Waals surface area contributed by atoms with E-state index < -0.39 is 0 Å².